The van der Waals surface area contributed by atoms with Crippen molar-refractivity contribution in [1.82, 2.24) is 10.2 Å². The van der Waals surface area contributed by atoms with E-state index in [9.17, 15) is 9.59 Å². The Labute approximate surface area is 176 Å². The molecule has 0 aromatic heterocycles. The number of amides is 2. The molecule has 2 amide bonds. The summed E-state index contributed by atoms with van der Waals surface area (Å²) < 4.78 is 0. The summed E-state index contributed by atoms with van der Waals surface area (Å²) in [7, 11) is 0. The predicted molar refractivity (Wildman–Crippen MR) is 115 cm³/mol. The number of rotatable bonds is 7. The quantitative estimate of drug-likeness (QED) is 0.699. The molecule has 6 heteroatoms. The van der Waals surface area contributed by atoms with Crippen LogP contribution in [0.15, 0.2) is 42.5 Å². The number of hydrogen-bond acceptors (Lipinski definition) is 2. The molecule has 28 heavy (non-hydrogen) atoms. The maximum Gasteiger partial charge on any atom is 0.242 e. The van der Waals surface area contributed by atoms with Crippen LogP contribution in [0.1, 0.15) is 37.5 Å². The van der Waals surface area contributed by atoms with Gasteiger partial charge < -0.3 is 10.2 Å². The van der Waals surface area contributed by atoms with Crippen LogP contribution in [-0.4, -0.2) is 28.8 Å². The SMILES string of the molecule is Cc1cccc(CN(C(=O)Cc2c(Cl)cccc2Cl)[C@@H](C)C(=O)NC(C)C)c1. The molecule has 2 rings (SSSR count). The van der Waals surface area contributed by atoms with Gasteiger partial charge in [0.05, 0.1) is 6.42 Å². The Morgan fingerprint density at radius 2 is 1.64 bits per heavy atom. The highest BCUT2D eigenvalue weighted by molar-refractivity contribution is 6.36. The Morgan fingerprint density at radius 1 is 1.04 bits per heavy atom. The van der Waals surface area contributed by atoms with Crippen molar-refractivity contribution in [2.24, 2.45) is 0 Å². The van der Waals surface area contributed by atoms with Gasteiger partial charge in [-0.2, -0.15) is 0 Å². The van der Waals surface area contributed by atoms with Crippen LogP contribution in [-0.2, 0) is 22.6 Å². The summed E-state index contributed by atoms with van der Waals surface area (Å²) in [6, 6.07) is 12.4. The average molecular weight is 421 g/mol. The second kappa shape index (κ2) is 9.94. The topological polar surface area (TPSA) is 49.4 Å². The first-order valence-electron chi connectivity index (χ1n) is 9.27. The van der Waals surface area contributed by atoms with E-state index >= 15 is 0 Å². The second-order valence-electron chi connectivity index (χ2n) is 7.23. The summed E-state index contributed by atoms with van der Waals surface area (Å²) in [6.45, 7) is 7.84. The zero-order chi connectivity index (χ0) is 20.8. The first-order valence-corrected chi connectivity index (χ1v) is 10.0. The van der Waals surface area contributed by atoms with Crippen LogP contribution in [0.4, 0.5) is 0 Å². The number of carbonyl (C=O) groups excluding carboxylic acids is 2. The van der Waals surface area contributed by atoms with Crippen LogP contribution >= 0.6 is 23.2 Å². The maximum absolute atomic E-state index is 13.2. The lowest BCUT2D eigenvalue weighted by atomic mass is 10.1. The van der Waals surface area contributed by atoms with Crippen LogP contribution in [0.5, 0.6) is 0 Å². The maximum atomic E-state index is 13.2. The van der Waals surface area contributed by atoms with Gasteiger partial charge in [0.25, 0.3) is 0 Å². The number of nitrogens with zero attached hydrogens (tertiary/aromatic N) is 1. The van der Waals surface area contributed by atoms with Gasteiger partial charge in [0.15, 0.2) is 0 Å². The number of carbonyl (C=O) groups is 2. The van der Waals surface area contributed by atoms with Crippen molar-refractivity contribution in [3.63, 3.8) is 0 Å². The highest BCUT2D eigenvalue weighted by atomic mass is 35.5. The first kappa shape index (κ1) is 22.3. The monoisotopic (exact) mass is 420 g/mol. The summed E-state index contributed by atoms with van der Waals surface area (Å²) in [5.41, 5.74) is 2.63. The second-order valence-corrected chi connectivity index (χ2v) is 8.04. The van der Waals surface area contributed by atoms with Crippen molar-refractivity contribution in [1.29, 1.82) is 0 Å². The molecule has 0 spiro atoms. The third-order valence-electron chi connectivity index (χ3n) is 4.42. The van der Waals surface area contributed by atoms with Gasteiger partial charge in [-0.05, 0) is 51.0 Å². The van der Waals surface area contributed by atoms with E-state index in [1.165, 1.54) is 0 Å². The molecule has 0 unspecified atom stereocenters. The number of halogens is 2. The summed E-state index contributed by atoms with van der Waals surface area (Å²) in [5, 5.41) is 3.76. The minimum absolute atomic E-state index is 0.0103. The Kier molecular flexibility index (Phi) is 7.90. The zero-order valence-electron chi connectivity index (χ0n) is 16.6. The van der Waals surface area contributed by atoms with E-state index in [1.807, 2.05) is 45.0 Å². The third-order valence-corrected chi connectivity index (χ3v) is 5.13. The lowest BCUT2D eigenvalue weighted by Gasteiger charge is -2.30. The molecule has 0 bridgehead atoms. The van der Waals surface area contributed by atoms with E-state index in [0.29, 0.717) is 22.2 Å². The molecule has 4 nitrogen and oxygen atoms in total. The van der Waals surface area contributed by atoms with Crippen LogP contribution in [0.25, 0.3) is 0 Å². The molecule has 150 valence electrons. The molecule has 0 heterocycles. The van der Waals surface area contributed by atoms with E-state index in [4.69, 9.17) is 23.2 Å². The van der Waals surface area contributed by atoms with Crippen molar-refractivity contribution in [2.45, 2.75) is 52.7 Å². The van der Waals surface area contributed by atoms with Gasteiger partial charge in [0, 0.05) is 22.6 Å². The zero-order valence-corrected chi connectivity index (χ0v) is 18.1. The van der Waals surface area contributed by atoms with E-state index in [-0.39, 0.29) is 24.3 Å². The molecule has 2 aromatic carbocycles. The summed E-state index contributed by atoms with van der Waals surface area (Å²) >= 11 is 12.5. The van der Waals surface area contributed by atoms with Gasteiger partial charge in [-0.1, -0.05) is 59.1 Å². The summed E-state index contributed by atoms with van der Waals surface area (Å²) in [6.07, 6.45) is 0.0314. The normalized spacial score (nSPS) is 12.0. The van der Waals surface area contributed by atoms with Crippen molar-refractivity contribution < 1.29 is 9.59 Å². The van der Waals surface area contributed by atoms with Crippen molar-refractivity contribution >= 4 is 35.0 Å². The summed E-state index contributed by atoms with van der Waals surface area (Å²) in [4.78, 5) is 27.3. The van der Waals surface area contributed by atoms with Crippen LogP contribution in [0.3, 0.4) is 0 Å². The van der Waals surface area contributed by atoms with Gasteiger partial charge in [0.1, 0.15) is 6.04 Å². The van der Waals surface area contributed by atoms with Crippen LogP contribution in [0.2, 0.25) is 10.0 Å². The van der Waals surface area contributed by atoms with Gasteiger partial charge in [-0.25, -0.2) is 0 Å². The Balaban J connectivity index is 2.30. The van der Waals surface area contributed by atoms with Crippen LogP contribution in [0, 0.1) is 6.92 Å². The molecule has 0 fully saturated rings. The van der Waals surface area contributed by atoms with Crippen molar-refractivity contribution in [3.05, 3.63) is 69.2 Å². The predicted octanol–water partition coefficient (Wildman–Crippen LogP) is 4.79. The number of aryl methyl sites for hydroxylation is 1. The average Bonchev–Trinajstić information content (AvgIpc) is 2.61. The molecule has 0 aliphatic rings. The smallest absolute Gasteiger partial charge is 0.242 e. The standard InChI is InChI=1S/C22H26Cl2N2O2/c1-14(2)25-22(28)16(4)26(13-17-8-5-7-15(3)11-17)21(27)12-18-19(23)9-6-10-20(18)24/h5-11,14,16H,12-13H2,1-4H3,(H,25,28)/t16-/m0/s1. The molecular weight excluding hydrogens is 395 g/mol. The highest BCUT2D eigenvalue weighted by Gasteiger charge is 2.27. The molecular formula is C22H26Cl2N2O2. The van der Waals surface area contributed by atoms with Gasteiger partial charge >= 0.3 is 0 Å². The molecule has 2 aromatic rings. The Morgan fingerprint density at radius 3 is 2.21 bits per heavy atom. The number of hydrogen-bond donors (Lipinski definition) is 1. The van der Waals surface area contributed by atoms with Gasteiger partial charge in [-0.15, -0.1) is 0 Å². The van der Waals surface area contributed by atoms with E-state index in [2.05, 4.69) is 5.32 Å². The highest BCUT2D eigenvalue weighted by Crippen LogP contribution is 2.26. The summed E-state index contributed by atoms with van der Waals surface area (Å²) in [5.74, 6) is -0.399. The fourth-order valence-corrected chi connectivity index (χ4v) is 3.48. The molecule has 1 atom stereocenters. The fraction of sp³-hybridized carbons (Fsp3) is 0.364. The van der Waals surface area contributed by atoms with E-state index in [1.54, 1.807) is 30.0 Å². The number of benzene rings is 2. The Hall–Kier alpha value is -2.04. The largest absolute Gasteiger partial charge is 0.352 e. The number of nitrogens with one attached hydrogen (secondary N) is 1. The molecule has 0 saturated heterocycles. The van der Waals surface area contributed by atoms with Gasteiger partial charge in [-0.3, -0.25) is 9.59 Å². The van der Waals surface area contributed by atoms with Crippen molar-refractivity contribution in [3.8, 4) is 0 Å². The fourth-order valence-electron chi connectivity index (χ4n) is 2.95. The minimum Gasteiger partial charge on any atom is -0.352 e. The minimum atomic E-state index is -0.628. The molecule has 0 saturated carbocycles. The van der Waals surface area contributed by atoms with E-state index in [0.717, 1.165) is 11.1 Å². The molecule has 0 aliphatic heterocycles. The lowest BCUT2D eigenvalue weighted by Crippen LogP contribution is -2.49. The lowest BCUT2D eigenvalue weighted by molar-refractivity contribution is -0.140. The molecule has 0 radical (unpaired) electrons. The van der Waals surface area contributed by atoms with Gasteiger partial charge in [0.2, 0.25) is 11.8 Å². The Bertz CT molecular complexity index is 832. The molecule has 0 aliphatic carbocycles. The van der Waals surface area contributed by atoms with Crippen LogP contribution < -0.4 is 5.32 Å². The van der Waals surface area contributed by atoms with Crippen molar-refractivity contribution in [2.75, 3.05) is 0 Å². The molecule has 1 N–H and O–H groups in total. The third kappa shape index (κ3) is 5.98. The first-order chi connectivity index (χ1) is 13.2. The van der Waals surface area contributed by atoms with E-state index < -0.39 is 6.04 Å².